The fourth-order valence-corrected chi connectivity index (χ4v) is 8.04. The van der Waals surface area contributed by atoms with Gasteiger partial charge in [0.25, 0.3) is 0 Å². The Morgan fingerprint density at radius 3 is 2.64 bits per heavy atom. The number of aryl methyl sites for hydroxylation is 4. The zero-order chi connectivity index (χ0) is 34.5. The van der Waals surface area contributed by atoms with Crippen LogP contribution in [0.15, 0.2) is 73.6 Å². The molecule has 50 heavy (non-hydrogen) atoms. The number of amides is 2. The normalized spacial score (nSPS) is 19.7. The van der Waals surface area contributed by atoms with Crippen LogP contribution in [0.2, 0.25) is 5.02 Å². The molecule has 0 bridgehead atoms. The lowest BCUT2D eigenvalue weighted by Gasteiger charge is -2.45. The van der Waals surface area contributed by atoms with Crippen molar-refractivity contribution in [3.05, 3.63) is 112 Å². The Kier molecular flexibility index (Phi) is 10.8. The molecular weight excluding hydrogens is 650 g/mol. The Morgan fingerprint density at radius 2 is 1.84 bits per heavy atom. The van der Waals surface area contributed by atoms with Gasteiger partial charge in [-0.05, 0) is 98.4 Å². The van der Waals surface area contributed by atoms with Gasteiger partial charge in [-0.3, -0.25) is 24.6 Å². The molecule has 7 rings (SSSR count). The van der Waals surface area contributed by atoms with Crippen molar-refractivity contribution < 1.29 is 14.3 Å². The van der Waals surface area contributed by atoms with Crippen molar-refractivity contribution in [3.8, 4) is 0 Å². The number of hydrogen-bond acceptors (Lipinski definition) is 7. The van der Waals surface area contributed by atoms with Crippen LogP contribution in [0.1, 0.15) is 78.2 Å². The van der Waals surface area contributed by atoms with Crippen LogP contribution in [-0.2, 0) is 35.5 Å². The molecule has 11 heteroatoms. The number of halogens is 1. The average Bonchev–Trinajstić information content (AvgIpc) is 3.48. The van der Waals surface area contributed by atoms with Crippen LogP contribution in [0.4, 0.5) is 4.79 Å². The summed E-state index contributed by atoms with van der Waals surface area (Å²) in [5, 5.41) is 0.710. The Labute approximate surface area is 299 Å². The maximum atomic E-state index is 15.0. The minimum absolute atomic E-state index is 0.0906. The van der Waals surface area contributed by atoms with Gasteiger partial charge < -0.3 is 14.2 Å². The molecule has 1 saturated heterocycles. The van der Waals surface area contributed by atoms with Crippen molar-refractivity contribution >= 4 is 23.6 Å². The van der Waals surface area contributed by atoms with E-state index >= 15 is 0 Å². The summed E-state index contributed by atoms with van der Waals surface area (Å²) in [6, 6.07) is 13.2. The smallest absolute Gasteiger partial charge is 0.410 e. The van der Waals surface area contributed by atoms with Crippen LogP contribution in [0.5, 0.6) is 0 Å². The van der Waals surface area contributed by atoms with Gasteiger partial charge in [0.15, 0.2) is 0 Å². The lowest BCUT2D eigenvalue weighted by atomic mass is 9.95. The fourth-order valence-electron chi connectivity index (χ4n) is 7.84. The lowest BCUT2D eigenvalue weighted by Crippen LogP contribution is -2.62. The van der Waals surface area contributed by atoms with Crippen LogP contribution in [0.25, 0.3) is 0 Å². The van der Waals surface area contributed by atoms with Gasteiger partial charge in [0.05, 0.1) is 23.8 Å². The van der Waals surface area contributed by atoms with Crippen molar-refractivity contribution in [2.75, 3.05) is 26.2 Å². The third kappa shape index (κ3) is 7.87. The number of rotatable bonds is 9. The second-order valence-corrected chi connectivity index (χ2v) is 14.3. The molecule has 2 atom stereocenters. The highest BCUT2D eigenvalue weighted by Gasteiger charge is 2.42. The second-order valence-electron chi connectivity index (χ2n) is 13.9. The first-order valence-electron chi connectivity index (χ1n) is 18.0. The lowest BCUT2D eigenvalue weighted by molar-refractivity contribution is -0.140. The largest absolute Gasteiger partial charge is 0.446 e. The molecule has 0 N–H and O–H groups in total. The Bertz CT molecular complexity index is 1780. The van der Waals surface area contributed by atoms with Crippen molar-refractivity contribution in [1.82, 2.24) is 34.2 Å². The number of carbonyl (C=O) groups excluding carboxylic acids is 2. The van der Waals surface area contributed by atoms with E-state index < -0.39 is 12.1 Å². The van der Waals surface area contributed by atoms with E-state index in [0.29, 0.717) is 37.7 Å². The number of ether oxygens (including phenoxy) is 1. The van der Waals surface area contributed by atoms with Crippen molar-refractivity contribution in [2.45, 2.75) is 89.6 Å². The average molecular weight is 696 g/mol. The third-order valence-corrected chi connectivity index (χ3v) is 10.6. The quantitative estimate of drug-likeness (QED) is 0.200. The molecule has 10 nitrogen and oxygen atoms in total. The van der Waals surface area contributed by atoms with E-state index in [2.05, 4.69) is 37.6 Å². The van der Waals surface area contributed by atoms with E-state index in [1.165, 1.54) is 17.5 Å². The highest BCUT2D eigenvalue weighted by molar-refractivity contribution is 6.30. The van der Waals surface area contributed by atoms with E-state index in [-0.39, 0.29) is 18.1 Å². The molecule has 1 saturated carbocycles. The summed E-state index contributed by atoms with van der Waals surface area (Å²) >= 11 is 6.51. The molecule has 1 aliphatic heterocycles. The van der Waals surface area contributed by atoms with Gasteiger partial charge >= 0.3 is 6.09 Å². The van der Waals surface area contributed by atoms with E-state index in [4.69, 9.17) is 21.3 Å². The molecule has 3 aromatic heterocycles. The molecule has 4 heterocycles. The van der Waals surface area contributed by atoms with Crippen LogP contribution in [-0.4, -0.2) is 84.5 Å². The standard InChI is InChI=1S/C39H46ClN7O3/c1-28-24-44(27-43-28)18-7-19-46(25-29-8-5-16-41-23-29)38(48)35-26-45(20-21-47(35)39(49)50-33-10-3-2-4-11-33)37-34-15-14-32(40)22-31(34)13-12-30-9-6-17-42-36(30)37/h5-6,8-9,14-17,22-24,27,33,35,37H,2-4,7,10-13,18-21,25-26H2,1H3/t35-,37+/m1/s1. The summed E-state index contributed by atoms with van der Waals surface area (Å²) in [5.41, 5.74) is 6.44. The number of benzene rings is 1. The van der Waals surface area contributed by atoms with Crippen LogP contribution >= 0.6 is 11.6 Å². The first kappa shape index (κ1) is 34.2. The summed E-state index contributed by atoms with van der Waals surface area (Å²) in [6.07, 6.45) is 16.2. The number of fused-ring (bicyclic) bond motifs is 2. The third-order valence-electron chi connectivity index (χ3n) is 10.4. The Morgan fingerprint density at radius 1 is 1.00 bits per heavy atom. The molecule has 2 aliphatic carbocycles. The van der Waals surface area contributed by atoms with E-state index in [1.807, 2.05) is 54.8 Å². The molecule has 0 spiro atoms. The van der Waals surface area contributed by atoms with Crippen LogP contribution in [0.3, 0.4) is 0 Å². The molecule has 262 valence electrons. The predicted octanol–water partition coefficient (Wildman–Crippen LogP) is 6.40. The monoisotopic (exact) mass is 695 g/mol. The highest BCUT2D eigenvalue weighted by Crippen LogP contribution is 2.38. The Balaban J connectivity index is 1.21. The number of imidazole rings is 1. The van der Waals surface area contributed by atoms with Gasteiger partial charge in [-0.1, -0.05) is 36.2 Å². The number of carbonyl (C=O) groups is 2. The van der Waals surface area contributed by atoms with Gasteiger partial charge in [-0.25, -0.2) is 9.78 Å². The molecule has 3 aliphatic rings. The van der Waals surface area contributed by atoms with Gasteiger partial charge in [-0.2, -0.15) is 0 Å². The van der Waals surface area contributed by atoms with E-state index in [1.54, 1.807) is 17.3 Å². The zero-order valence-electron chi connectivity index (χ0n) is 28.8. The van der Waals surface area contributed by atoms with Gasteiger partial charge in [-0.15, -0.1) is 0 Å². The number of nitrogens with zero attached hydrogens (tertiary/aromatic N) is 7. The molecule has 0 unspecified atom stereocenters. The van der Waals surface area contributed by atoms with E-state index in [0.717, 1.165) is 74.0 Å². The van der Waals surface area contributed by atoms with Gasteiger partial charge in [0, 0.05) is 69.1 Å². The maximum Gasteiger partial charge on any atom is 0.410 e. The number of hydrogen-bond donors (Lipinski definition) is 0. The Hall–Kier alpha value is -4.28. The molecular formula is C39H46ClN7O3. The SMILES string of the molecule is Cc1cn(CCCN(Cc2cccnc2)C(=O)[C@H]2CN([C@H]3c4ccc(Cl)cc4CCc4cccnc43)CCN2C(=O)OC2CCCCC2)cn1. The number of piperazine rings is 1. The highest BCUT2D eigenvalue weighted by atomic mass is 35.5. The van der Waals surface area contributed by atoms with Gasteiger partial charge in [0.1, 0.15) is 12.1 Å². The summed E-state index contributed by atoms with van der Waals surface area (Å²) in [7, 11) is 0. The maximum absolute atomic E-state index is 15.0. The number of pyridine rings is 2. The predicted molar refractivity (Wildman–Crippen MR) is 192 cm³/mol. The first-order chi connectivity index (χ1) is 24.4. The van der Waals surface area contributed by atoms with Crippen molar-refractivity contribution in [2.24, 2.45) is 0 Å². The summed E-state index contributed by atoms with van der Waals surface area (Å²) in [5.74, 6) is -0.0906. The van der Waals surface area contributed by atoms with E-state index in [9.17, 15) is 9.59 Å². The topological polar surface area (TPSA) is 96.7 Å². The molecule has 2 fully saturated rings. The van der Waals surface area contributed by atoms with Crippen LogP contribution < -0.4 is 0 Å². The van der Waals surface area contributed by atoms with Crippen molar-refractivity contribution in [3.63, 3.8) is 0 Å². The summed E-state index contributed by atoms with van der Waals surface area (Å²) in [6.45, 7) is 4.92. The summed E-state index contributed by atoms with van der Waals surface area (Å²) in [4.78, 5) is 48.5. The molecule has 0 radical (unpaired) electrons. The van der Waals surface area contributed by atoms with Gasteiger partial charge in [0.2, 0.25) is 5.91 Å². The minimum Gasteiger partial charge on any atom is -0.446 e. The summed E-state index contributed by atoms with van der Waals surface area (Å²) < 4.78 is 8.18. The van der Waals surface area contributed by atoms with Crippen molar-refractivity contribution in [1.29, 1.82) is 0 Å². The second kappa shape index (κ2) is 15.7. The minimum atomic E-state index is -0.738. The molecule has 4 aromatic rings. The molecule has 1 aromatic carbocycles. The number of aromatic nitrogens is 4. The fraction of sp³-hybridized carbons (Fsp3) is 0.462. The molecule has 2 amide bonds. The zero-order valence-corrected chi connectivity index (χ0v) is 29.5. The first-order valence-corrected chi connectivity index (χ1v) is 18.4. The van der Waals surface area contributed by atoms with Crippen LogP contribution in [0, 0.1) is 6.92 Å².